The van der Waals surface area contributed by atoms with Crippen molar-refractivity contribution < 1.29 is 21.9 Å². The van der Waals surface area contributed by atoms with E-state index in [1.807, 2.05) is 0 Å². The monoisotopic (exact) mass is 370 g/mol. The molecule has 1 aliphatic rings. The van der Waals surface area contributed by atoms with Crippen LogP contribution in [0.2, 0.25) is 0 Å². The molecule has 1 heterocycles. The van der Waals surface area contributed by atoms with E-state index in [0.29, 0.717) is 12.7 Å². The molecule has 1 aliphatic heterocycles. The van der Waals surface area contributed by atoms with Crippen LogP contribution in [0.25, 0.3) is 0 Å². The Morgan fingerprint density at radius 3 is 2.52 bits per heavy atom. The number of benzene rings is 1. The summed E-state index contributed by atoms with van der Waals surface area (Å²) >= 11 is 0. The second-order valence-corrected chi connectivity index (χ2v) is 7.32. The molecule has 0 unspecified atom stereocenters. The highest BCUT2D eigenvalue weighted by molar-refractivity contribution is 7.89. The van der Waals surface area contributed by atoms with Crippen molar-refractivity contribution in [3.05, 3.63) is 29.8 Å². The minimum Gasteiger partial charge on any atom is -0.384 e. The molecular weight excluding hydrogens is 350 g/mol. The maximum Gasteiger partial charge on any atom is 0.243 e. The number of sulfonamides is 1. The van der Waals surface area contributed by atoms with E-state index in [1.54, 1.807) is 7.11 Å². The molecule has 0 aromatic heterocycles. The van der Waals surface area contributed by atoms with Gasteiger partial charge in [0.15, 0.2) is 0 Å². The summed E-state index contributed by atoms with van der Waals surface area (Å²) in [6, 6.07) is 2.41. The van der Waals surface area contributed by atoms with Crippen LogP contribution < -0.4 is 10.0 Å². The minimum atomic E-state index is -4.03. The van der Waals surface area contributed by atoms with Gasteiger partial charge in [0, 0.05) is 25.1 Å². The first-order valence-corrected chi connectivity index (χ1v) is 8.51. The first-order chi connectivity index (χ1) is 10.4. The van der Waals surface area contributed by atoms with Crippen LogP contribution in [0.4, 0.5) is 8.78 Å². The summed E-state index contributed by atoms with van der Waals surface area (Å²) in [5.41, 5.74) is -0.316. The molecule has 5 nitrogen and oxygen atoms in total. The lowest BCUT2D eigenvalue weighted by Crippen LogP contribution is -2.47. The molecule has 1 fully saturated rings. The van der Waals surface area contributed by atoms with Crippen molar-refractivity contribution in [1.82, 2.24) is 10.0 Å². The zero-order valence-electron chi connectivity index (χ0n) is 12.8. The standard InChI is InChI=1S/C14H20F2N2O3S.ClH/c1-21-10-14(4-6-17-7-5-14)9-18-22(19,20)13-3-2-11(15)8-12(13)16;/h2-3,8,17-18H,4-7,9-10H2,1H3;1H. The average molecular weight is 371 g/mol. The Labute approximate surface area is 141 Å². The second kappa shape index (κ2) is 8.34. The first kappa shape index (κ1) is 20.2. The fourth-order valence-corrected chi connectivity index (χ4v) is 3.87. The van der Waals surface area contributed by atoms with E-state index in [4.69, 9.17) is 4.74 Å². The first-order valence-electron chi connectivity index (χ1n) is 7.03. The maximum atomic E-state index is 13.7. The van der Waals surface area contributed by atoms with Gasteiger partial charge in [-0.2, -0.15) is 0 Å². The summed E-state index contributed by atoms with van der Waals surface area (Å²) in [6.45, 7) is 2.12. The molecule has 0 atom stereocenters. The van der Waals surface area contributed by atoms with Crippen molar-refractivity contribution >= 4 is 22.4 Å². The second-order valence-electron chi connectivity index (χ2n) is 5.58. The summed E-state index contributed by atoms with van der Waals surface area (Å²) in [4.78, 5) is -0.546. The molecule has 0 spiro atoms. The minimum absolute atomic E-state index is 0. The molecule has 9 heteroatoms. The molecule has 0 aliphatic carbocycles. The molecule has 1 saturated heterocycles. The van der Waals surface area contributed by atoms with E-state index in [1.165, 1.54) is 0 Å². The highest BCUT2D eigenvalue weighted by Crippen LogP contribution is 2.29. The van der Waals surface area contributed by atoms with Crippen LogP contribution in [0.1, 0.15) is 12.8 Å². The SMILES string of the molecule is COCC1(CNS(=O)(=O)c2ccc(F)cc2F)CCNCC1.Cl. The molecule has 132 valence electrons. The number of hydrogen-bond acceptors (Lipinski definition) is 4. The van der Waals surface area contributed by atoms with Crippen LogP contribution in [-0.2, 0) is 14.8 Å². The Bertz CT molecular complexity index is 617. The van der Waals surface area contributed by atoms with E-state index >= 15 is 0 Å². The fourth-order valence-electron chi connectivity index (χ4n) is 2.65. The molecular formula is C14H21ClF2N2O3S. The van der Waals surface area contributed by atoms with E-state index < -0.39 is 26.6 Å². The van der Waals surface area contributed by atoms with Crippen LogP contribution >= 0.6 is 12.4 Å². The van der Waals surface area contributed by atoms with Crippen LogP contribution in [0, 0.1) is 17.0 Å². The van der Waals surface area contributed by atoms with Crippen molar-refractivity contribution in [2.24, 2.45) is 5.41 Å². The summed E-state index contributed by atoms with van der Waals surface area (Å²) in [7, 11) is -2.46. The molecule has 0 bridgehead atoms. The van der Waals surface area contributed by atoms with Crippen LogP contribution in [-0.4, -0.2) is 41.8 Å². The van der Waals surface area contributed by atoms with Crippen LogP contribution in [0.3, 0.4) is 0 Å². The third kappa shape index (κ3) is 5.09. The Kier molecular flexibility index (Phi) is 7.34. The van der Waals surface area contributed by atoms with Crippen molar-refractivity contribution in [1.29, 1.82) is 0 Å². The van der Waals surface area contributed by atoms with E-state index in [-0.39, 0.29) is 24.4 Å². The van der Waals surface area contributed by atoms with Gasteiger partial charge < -0.3 is 10.1 Å². The van der Waals surface area contributed by atoms with Crippen molar-refractivity contribution in [3.63, 3.8) is 0 Å². The summed E-state index contributed by atoms with van der Waals surface area (Å²) in [6.07, 6.45) is 1.52. The highest BCUT2D eigenvalue weighted by Gasteiger charge is 2.34. The Hall–Kier alpha value is -0.800. The lowest BCUT2D eigenvalue weighted by Gasteiger charge is -2.37. The normalized spacial score (nSPS) is 17.5. The van der Waals surface area contributed by atoms with Gasteiger partial charge in [-0.05, 0) is 38.1 Å². The van der Waals surface area contributed by atoms with Crippen LogP contribution in [0.15, 0.2) is 23.1 Å². The Morgan fingerprint density at radius 1 is 1.30 bits per heavy atom. The molecule has 2 N–H and O–H groups in total. The molecule has 1 aromatic rings. The predicted molar refractivity (Wildman–Crippen MR) is 85.2 cm³/mol. The summed E-state index contributed by atoms with van der Waals surface area (Å²) in [5.74, 6) is -1.91. The van der Waals surface area contributed by atoms with E-state index in [9.17, 15) is 17.2 Å². The fraction of sp³-hybridized carbons (Fsp3) is 0.571. The Morgan fingerprint density at radius 2 is 1.96 bits per heavy atom. The van der Waals surface area contributed by atoms with Crippen LogP contribution in [0.5, 0.6) is 0 Å². The number of ether oxygens (including phenoxy) is 1. The van der Waals surface area contributed by atoms with Crippen molar-refractivity contribution in [2.75, 3.05) is 33.4 Å². The smallest absolute Gasteiger partial charge is 0.243 e. The van der Waals surface area contributed by atoms with Gasteiger partial charge in [0.05, 0.1) is 6.61 Å². The van der Waals surface area contributed by atoms with Gasteiger partial charge in [-0.15, -0.1) is 12.4 Å². The predicted octanol–water partition coefficient (Wildman–Crippen LogP) is 1.68. The zero-order chi connectivity index (χ0) is 16.2. The molecule has 23 heavy (non-hydrogen) atoms. The molecule has 0 saturated carbocycles. The Balaban J connectivity index is 0.00000264. The number of halogens is 3. The van der Waals surface area contributed by atoms with Gasteiger partial charge in [-0.1, -0.05) is 0 Å². The third-order valence-corrected chi connectivity index (χ3v) is 5.37. The molecule has 1 aromatic carbocycles. The van der Waals surface area contributed by atoms with Crippen molar-refractivity contribution in [3.8, 4) is 0 Å². The number of nitrogens with one attached hydrogen (secondary N) is 2. The highest BCUT2D eigenvalue weighted by atomic mass is 35.5. The average Bonchev–Trinajstić information content (AvgIpc) is 2.46. The maximum absolute atomic E-state index is 13.7. The molecule has 0 radical (unpaired) electrons. The number of rotatable bonds is 6. The van der Waals surface area contributed by atoms with Gasteiger partial charge in [0.2, 0.25) is 10.0 Å². The lowest BCUT2D eigenvalue weighted by molar-refractivity contribution is 0.0577. The number of hydrogen-bond donors (Lipinski definition) is 2. The van der Waals surface area contributed by atoms with E-state index in [2.05, 4.69) is 10.0 Å². The molecule has 0 amide bonds. The van der Waals surface area contributed by atoms with Gasteiger partial charge in [-0.3, -0.25) is 0 Å². The number of piperidine rings is 1. The molecule has 2 rings (SSSR count). The quantitative estimate of drug-likeness (QED) is 0.799. The zero-order valence-corrected chi connectivity index (χ0v) is 14.4. The lowest BCUT2D eigenvalue weighted by atomic mass is 9.80. The largest absolute Gasteiger partial charge is 0.384 e. The third-order valence-electron chi connectivity index (χ3n) is 3.94. The topological polar surface area (TPSA) is 67.4 Å². The summed E-state index contributed by atoms with van der Waals surface area (Å²) in [5, 5.41) is 3.21. The van der Waals surface area contributed by atoms with Gasteiger partial charge in [-0.25, -0.2) is 21.9 Å². The van der Waals surface area contributed by atoms with E-state index in [0.717, 1.165) is 38.1 Å². The van der Waals surface area contributed by atoms with Gasteiger partial charge >= 0.3 is 0 Å². The van der Waals surface area contributed by atoms with Crippen molar-refractivity contribution in [2.45, 2.75) is 17.7 Å². The summed E-state index contributed by atoms with van der Waals surface area (Å²) < 4.78 is 58.6. The number of methoxy groups -OCH3 is 1. The van der Waals surface area contributed by atoms with Gasteiger partial charge in [0.1, 0.15) is 16.5 Å². The van der Waals surface area contributed by atoms with Gasteiger partial charge in [0.25, 0.3) is 0 Å².